The number of halogens is 3. The van der Waals surface area contributed by atoms with E-state index in [2.05, 4.69) is 31.0 Å². The van der Waals surface area contributed by atoms with Crippen molar-refractivity contribution in [2.24, 2.45) is 0 Å². The average molecular weight is 671 g/mol. The fourth-order valence-electron chi connectivity index (χ4n) is 9.36. The molecule has 0 radical (unpaired) electrons. The molecule has 0 spiro atoms. The van der Waals surface area contributed by atoms with Crippen LogP contribution in [0.1, 0.15) is 50.5 Å². The van der Waals surface area contributed by atoms with Crippen LogP contribution in [0.5, 0.6) is 11.8 Å². The normalized spacial score (nSPS) is 29.6. The van der Waals surface area contributed by atoms with Crippen molar-refractivity contribution in [1.29, 1.82) is 0 Å². The van der Waals surface area contributed by atoms with Crippen molar-refractivity contribution in [2.45, 2.75) is 74.3 Å². The van der Waals surface area contributed by atoms with Crippen molar-refractivity contribution < 1.29 is 27.8 Å². The maximum atomic E-state index is 17.0. The monoisotopic (exact) mass is 670 g/mol. The average Bonchev–Trinajstić information content (AvgIpc) is 3.88. The molecular formula is C37H37F3N6O3. The highest BCUT2D eigenvalue weighted by Crippen LogP contribution is 2.44. The van der Waals surface area contributed by atoms with E-state index < -0.39 is 23.3 Å². The number of nitrogens with zero attached hydrogens (tertiary/aromatic N) is 5. The Bertz CT molecular complexity index is 2040. The second-order valence-electron chi connectivity index (χ2n) is 14.5. The molecule has 5 aliphatic rings. The van der Waals surface area contributed by atoms with Gasteiger partial charge in [-0.15, -0.1) is 6.42 Å². The van der Waals surface area contributed by atoms with E-state index >= 15 is 4.39 Å². The third-order valence-corrected chi connectivity index (χ3v) is 11.5. The van der Waals surface area contributed by atoms with Gasteiger partial charge in [-0.3, -0.25) is 9.88 Å². The number of alkyl halides is 1. The number of pyridine rings is 1. The quantitative estimate of drug-likeness (QED) is 0.267. The minimum absolute atomic E-state index is 0.00439. The molecule has 9 nitrogen and oxygen atoms in total. The molecule has 2 bridgehead atoms. The number of benzene rings is 2. The van der Waals surface area contributed by atoms with E-state index in [0.717, 1.165) is 51.7 Å². The molecule has 5 atom stereocenters. The second-order valence-corrected chi connectivity index (χ2v) is 14.5. The van der Waals surface area contributed by atoms with Crippen molar-refractivity contribution in [3.63, 3.8) is 0 Å². The maximum Gasteiger partial charge on any atom is 0.319 e. The van der Waals surface area contributed by atoms with E-state index in [1.54, 1.807) is 0 Å². The standard InChI is InChI=1S/C37H37F3N6O3/c1-2-25-28(39)7-6-21-13-24(47)14-26(30(21)25)32-31(40)33-27(16-41-32)34(45-18-23-8-10-37(19-45,44-23)29-5-3-12-48-29)43-35(42-33)49-20-36-9-4-11-46(36)17-22(38)15-36/h1,6-7,13-14,16,22-23,29,44,47H,3-5,8-12,15,17-20H2/t22-,23?,29?,36+,37?/m1/s1. The van der Waals surface area contributed by atoms with Gasteiger partial charge in [-0.1, -0.05) is 12.0 Å². The number of anilines is 1. The van der Waals surface area contributed by atoms with Crippen LogP contribution in [0.3, 0.4) is 0 Å². The Hall–Kier alpha value is -4.18. The molecule has 3 unspecified atom stereocenters. The molecule has 2 N–H and O–H groups in total. The maximum absolute atomic E-state index is 17.0. The van der Waals surface area contributed by atoms with Gasteiger partial charge in [-0.25, -0.2) is 13.2 Å². The zero-order chi connectivity index (χ0) is 33.5. The van der Waals surface area contributed by atoms with Gasteiger partial charge in [-0.05, 0) is 68.7 Å². The number of phenolic OH excluding ortho intramolecular Hbond substituents is 1. The summed E-state index contributed by atoms with van der Waals surface area (Å²) in [6.45, 7) is 3.35. The van der Waals surface area contributed by atoms with Crippen LogP contribution in [0.4, 0.5) is 19.0 Å². The Morgan fingerprint density at radius 1 is 1.14 bits per heavy atom. The molecule has 12 heteroatoms. The first kappa shape index (κ1) is 30.8. The van der Waals surface area contributed by atoms with Crippen LogP contribution in [-0.4, -0.2) is 93.7 Å². The van der Waals surface area contributed by atoms with E-state index in [9.17, 15) is 13.9 Å². The van der Waals surface area contributed by atoms with Gasteiger partial charge >= 0.3 is 6.01 Å². The third kappa shape index (κ3) is 4.92. The van der Waals surface area contributed by atoms with Crippen LogP contribution < -0.4 is 15.0 Å². The lowest BCUT2D eigenvalue weighted by atomic mass is 9.88. The van der Waals surface area contributed by atoms with Gasteiger partial charge in [0.05, 0.1) is 28.1 Å². The Balaban J connectivity index is 1.19. The number of ether oxygens (including phenoxy) is 2. The van der Waals surface area contributed by atoms with E-state index in [1.807, 2.05) is 0 Å². The van der Waals surface area contributed by atoms with Gasteiger partial charge in [-0.2, -0.15) is 9.97 Å². The SMILES string of the molecule is C#Cc1c(F)ccc2cc(O)cc(-c3ncc4c(N5CC6CCC(C7CCCO7)(C5)N6)nc(OC[C@@]56CCCN5C[C@H](F)C6)nc4c3F)c12. The largest absolute Gasteiger partial charge is 0.508 e. The summed E-state index contributed by atoms with van der Waals surface area (Å²) in [4.78, 5) is 18.4. The summed E-state index contributed by atoms with van der Waals surface area (Å²) in [7, 11) is 0. The van der Waals surface area contributed by atoms with Gasteiger partial charge in [0.2, 0.25) is 0 Å². The number of terminal acetylenes is 1. The zero-order valence-corrected chi connectivity index (χ0v) is 27.0. The molecule has 49 heavy (non-hydrogen) atoms. The van der Waals surface area contributed by atoms with Crippen LogP contribution >= 0.6 is 0 Å². The minimum Gasteiger partial charge on any atom is -0.508 e. The molecule has 7 heterocycles. The highest BCUT2D eigenvalue weighted by Gasteiger charge is 2.52. The Kier molecular flexibility index (Phi) is 7.20. The van der Waals surface area contributed by atoms with Gasteiger partial charge in [0, 0.05) is 55.9 Å². The minimum atomic E-state index is -0.928. The summed E-state index contributed by atoms with van der Waals surface area (Å²) in [5.41, 5.74) is -0.786. The number of hydrogen-bond acceptors (Lipinski definition) is 9. The van der Waals surface area contributed by atoms with E-state index in [1.165, 1.54) is 30.5 Å². The van der Waals surface area contributed by atoms with Gasteiger partial charge in [0.15, 0.2) is 5.82 Å². The molecule has 4 aromatic rings. The first-order valence-corrected chi connectivity index (χ1v) is 17.2. The van der Waals surface area contributed by atoms with Gasteiger partial charge in [0.25, 0.3) is 0 Å². The number of aromatic hydroxyl groups is 1. The molecule has 2 aromatic carbocycles. The van der Waals surface area contributed by atoms with Crippen LogP contribution in [0.2, 0.25) is 0 Å². The van der Waals surface area contributed by atoms with Crippen molar-refractivity contribution in [2.75, 3.05) is 44.3 Å². The predicted octanol–water partition coefficient (Wildman–Crippen LogP) is 5.26. The molecule has 5 fully saturated rings. The van der Waals surface area contributed by atoms with Crippen molar-refractivity contribution in [1.82, 2.24) is 25.2 Å². The molecule has 254 valence electrons. The molecular weight excluding hydrogens is 633 g/mol. The summed E-state index contributed by atoms with van der Waals surface area (Å²) in [5.74, 6) is 1.32. The third-order valence-electron chi connectivity index (χ3n) is 11.5. The Morgan fingerprint density at radius 2 is 2.04 bits per heavy atom. The number of rotatable bonds is 6. The summed E-state index contributed by atoms with van der Waals surface area (Å²) >= 11 is 0. The lowest BCUT2D eigenvalue weighted by molar-refractivity contribution is 0.0326. The second kappa shape index (κ2) is 11.4. The molecule has 0 amide bonds. The molecule has 2 aromatic heterocycles. The topological polar surface area (TPSA) is 95.9 Å². The molecule has 5 aliphatic heterocycles. The fourth-order valence-corrected chi connectivity index (χ4v) is 9.36. The zero-order valence-electron chi connectivity index (χ0n) is 27.0. The number of piperazine rings is 1. The van der Waals surface area contributed by atoms with Crippen molar-refractivity contribution >= 4 is 27.5 Å². The summed E-state index contributed by atoms with van der Waals surface area (Å²) in [6.07, 6.45) is 12.4. The van der Waals surface area contributed by atoms with E-state index in [4.69, 9.17) is 20.9 Å². The first-order chi connectivity index (χ1) is 23.8. The van der Waals surface area contributed by atoms with Crippen molar-refractivity contribution in [3.8, 4) is 35.4 Å². The van der Waals surface area contributed by atoms with Crippen LogP contribution in [0.15, 0.2) is 30.5 Å². The van der Waals surface area contributed by atoms with Gasteiger partial charge in [0.1, 0.15) is 41.4 Å². The highest BCUT2D eigenvalue weighted by molar-refractivity contribution is 6.03. The lowest BCUT2D eigenvalue weighted by Crippen LogP contribution is -2.65. The van der Waals surface area contributed by atoms with Crippen LogP contribution in [-0.2, 0) is 4.74 Å². The van der Waals surface area contributed by atoms with Crippen LogP contribution in [0, 0.1) is 24.0 Å². The van der Waals surface area contributed by atoms with Gasteiger partial charge < -0.3 is 24.8 Å². The van der Waals surface area contributed by atoms with E-state index in [-0.39, 0.29) is 63.8 Å². The highest BCUT2D eigenvalue weighted by atomic mass is 19.1. The lowest BCUT2D eigenvalue weighted by Gasteiger charge is -2.45. The number of fused-ring (bicyclic) bond motifs is 5. The predicted molar refractivity (Wildman–Crippen MR) is 178 cm³/mol. The Labute approximate surface area is 281 Å². The molecule has 5 saturated heterocycles. The molecule has 0 saturated carbocycles. The fraction of sp³-hybridized carbons (Fsp3) is 0.486. The van der Waals surface area contributed by atoms with Crippen molar-refractivity contribution in [3.05, 3.63) is 47.7 Å². The number of aromatic nitrogens is 3. The Morgan fingerprint density at radius 3 is 2.88 bits per heavy atom. The number of hydrogen-bond donors (Lipinski definition) is 2. The first-order valence-electron chi connectivity index (χ1n) is 17.2. The van der Waals surface area contributed by atoms with E-state index in [0.29, 0.717) is 42.6 Å². The number of nitrogens with one attached hydrogen (secondary N) is 1. The summed E-state index contributed by atoms with van der Waals surface area (Å²) in [5, 5.41) is 15.5. The summed E-state index contributed by atoms with van der Waals surface area (Å²) in [6, 6.07) is 5.68. The van der Waals surface area contributed by atoms with Crippen LogP contribution in [0.25, 0.3) is 32.9 Å². The molecule has 0 aliphatic carbocycles. The smallest absolute Gasteiger partial charge is 0.319 e. The number of phenols is 1. The molecule has 9 rings (SSSR count). The summed E-state index contributed by atoms with van der Waals surface area (Å²) < 4.78 is 59.0.